The van der Waals surface area contributed by atoms with Crippen LogP contribution in [-0.2, 0) is 9.47 Å². The highest BCUT2D eigenvalue weighted by molar-refractivity contribution is 4.88. The smallest absolute Gasteiger partial charge is 0.0671 e. The lowest BCUT2D eigenvalue weighted by Gasteiger charge is -2.20. The van der Waals surface area contributed by atoms with Crippen molar-refractivity contribution < 1.29 is 9.47 Å². The first-order valence-electron chi connectivity index (χ1n) is 5.87. The fourth-order valence-corrected chi connectivity index (χ4v) is 1.17. The van der Waals surface area contributed by atoms with E-state index in [1.165, 1.54) is 0 Å². The van der Waals surface area contributed by atoms with Gasteiger partial charge in [-0.1, -0.05) is 38.2 Å². The van der Waals surface area contributed by atoms with Crippen LogP contribution in [0.4, 0.5) is 0 Å². The van der Waals surface area contributed by atoms with Crippen molar-refractivity contribution in [2.45, 2.75) is 27.7 Å². The molecule has 0 aromatic carbocycles. The van der Waals surface area contributed by atoms with Crippen LogP contribution in [0.3, 0.4) is 0 Å². The first-order chi connectivity index (χ1) is 7.43. The quantitative estimate of drug-likeness (QED) is 0.561. The van der Waals surface area contributed by atoms with Gasteiger partial charge in [0.2, 0.25) is 0 Å². The third-order valence-corrected chi connectivity index (χ3v) is 2.43. The molecule has 0 aromatic rings. The van der Waals surface area contributed by atoms with E-state index in [0.29, 0.717) is 25.0 Å². The average molecular weight is 226 g/mol. The Balaban J connectivity index is 3.60. The van der Waals surface area contributed by atoms with E-state index in [9.17, 15) is 0 Å². The maximum Gasteiger partial charge on any atom is 0.0671 e. The van der Waals surface area contributed by atoms with Crippen LogP contribution in [0, 0.1) is 11.8 Å². The summed E-state index contributed by atoms with van der Waals surface area (Å²) < 4.78 is 11.1. The number of hydrogen-bond acceptors (Lipinski definition) is 2. The van der Waals surface area contributed by atoms with E-state index in [4.69, 9.17) is 9.47 Å². The lowest BCUT2D eigenvalue weighted by atomic mass is 9.98. The van der Waals surface area contributed by atoms with Crippen molar-refractivity contribution in [1.82, 2.24) is 0 Å². The second-order valence-electron chi connectivity index (χ2n) is 4.90. The molecule has 0 rings (SSSR count). The minimum Gasteiger partial charge on any atom is -0.377 e. The summed E-state index contributed by atoms with van der Waals surface area (Å²) in [6, 6.07) is 0. The summed E-state index contributed by atoms with van der Waals surface area (Å²) in [5.41, 5.74) is 2.14. The summed E-state index contributed by atoms with van der Waals surface area (Å²) >= 11 is 0. The second-order valence-corrected chi connectivity index (χ2v) is 4.90. The minimum absolute atomic E-state index is 0.504. The zero-order chi connectivity index (χ0) is 12.6. The zero-order valence-corrected chi connectivity index (χ0v) is 11.2. The van der Waals surface area contributed by atoms with Crippen LogP contribution in [0.1, 0.15) is 27.7 Å². The van der Waals surface area contributed by atoms with Gasteiger partial charge in [-0.3, -0.25) is 0 Å². The molecule has 0 aliphatic heterocycles. The molecule has 0 radical (unpaired) electrons. The van der Waals surface area contributed by atoms with Crippen LogP contribution in [0.5, 0.6) is 0 Å². The van der Waals surface area contributed by atoms with Gasteiger partial charge in [0.25, 0.3) is 0 Å². The van der Waals surface area contributed by atoms with Crippen molar-refractivity contribution in [3.63, 3.8) is 0 Å². The average Bonchev–Trinajstić information content (AvgIpc) is 2.16. The third kappa shape index (κ3) is 8.69. The molecule has 2 heteroatoms. The molecule has 0 bridgehead atoms. The monoisotopic (exact) mass is 226 g/mol. The summed E-state index contributed by atoms with van der Waals surface area (Å²) in [5, 5.41) is 0. The Labute approximate surface area is 100 Å². The zero-order valence-electron chi connectivity index (χ0n) is 11.2. The van der Waals surface area contributed by atoms with E-state index < -0.39 is 0 Å². The minimum atomic E-state index is 0.504. The Kier molecular flexibility index (Phi) is 8.22. The standard InChI is InChI=1S/C14H26O2/c1-11(2)7-15-9-13(5)14(6)10-16-8-12(3)4/h13-14H,1,3,7-10H2,2,4-6H3. The second kappa shape index (κ2) is 8.54. The van der Waals surface area contributed by atoms with Gasteiger partial charge in [0.1, 0.15) is 0 Å². The van der Waals surface area contributed by atoms with Crippen LogP contribution in [-0.4, -0.2) is 26.4 Å². The molecule has 2 atom stereocenters. The Morgan fingerprint density at radius 2 is 1.19 bits per heavy atom. The molecule has 0 N–H and O–H groups in total. The molecule has 2 unspecified atom stereocenters. The summed E-state index contributed by atoms with van der Waals surface area (Å²) in [7, 11) is 0. The van der Waals surface area contributed by atoms with Gasteiger partial charge < -0.3 is 9.47 Å². The summed E-state index contributed by atoms with van der Waals surface area (Å²) in [6.07, 6.45) is 0. The Morgan fingerprint density at radius 1 is 0.875 bits per heavy atom. The largest absolute Gasteiger partial charge is 0.377 e. The van der Waals surface area contributed by atoms with Gasteiger partial charge in [-0.15, -0.1) is 0 Å². The molecule has 2 nitrogen and oxygen atoms in total. The van der Waals surface area contributed by atoms with Gasteiger partial charge >= 0.3 is 0 Å². The molecule has 0 amide bonds. The van der Waals surface area contributed by atoms with Crippen LogP contribution in [0.15, 0.2) is 24.3 Å². The molecular formula is C14H26O2. The first kappa shape index (κ1) is 15.4. The summed E-state index contributed by atoms with van der Waals surface area (Å²) in [4.78, 5) is 0. The van der Waals surface area contributed by atoms with E-state index >= 15 is 0 Å². The van der Waals surface area contributed by atoms with Gasteiger partial charge in [-0.2, -0.15) is 0 Å². The maximum absolute atomic E-state index is 5.53. The van der Waals surface area contributed by atoms with E-state index in [1.807, 2.05) is 13.8 Å². The van der Waals surface area contributed by atoms with Crippen molar-refractivity contribution in [2.24, 2.45) is 11.8 Å². The molecule has 0 aromatic heterocycles. The molecular weight excluding hydrogens is 200 g/mol. The van der Waals surface area contributed by atoms with Crippen LogP contribution in [0.2, 0.25) is 0 Å². The molecule has 0 fully saturated rings. The molecule has 0 aliphatic rings. The van der Waals surface area contributed by atoms with Crippen molar-refractivity contribution in [1.29, 1.82) is 0 Å². The van der Waals surface area contributed by atoms with Crippen molar-refractivity contribution in [2.75, 3.05) is 26.4 Å². The van der Waals surface area contributed by atoms with E-state index in [-0.39, 0.29) is 0 Å². The van der Waals surface area contributed by atoms with Crippen LogP contribution >= 0.6 is 0 Å². The van der Waals surface area contributed by atoms with Crippen LogP contribution in [0.25, 0.3) is 0 Å². The highest BCUT2D eigenvalue weighted by Gasteiger charge is 2.12. The molecule has 0 saturated heterocycles. The molecule has 0 heterocycles. The van der Waals surface area contributed by atoms with Gasteiger partial charge in [0.15, 0.2) is 0 Å². The van der Waals surface area contributed by atoms with Crippen LogP contribution < -0.4 is 0 Å². The van der Waals surface area contributed by atoms with Gasteiger partial charge in [0.05, 0.1) is 13.2 Å². The fraction of sp³-hybridized carbons (Fsp3) is 0.714. The SMILES string of the molecule is C=C(C)COCC(C)C(C)COCC(=C)C. The van der Waals surface area contributed by atoms with Crippen molar-refractivity contribution in [3.05, 3.63) is 24.3 Å². The molecule has 0 aliphatic carbocycles. The summed E-state index contributed by atoms with van der Waals surface area (Å²) in [6.45, 7) is 18.8. The third-order valence-electron chi connectivity index (χ3n) is 2.43. The molecule has 0 spiro atoms. The van der Waals surface area contributed by atoms with Gasteiger partial charge in [-0.05, 0) is 25.7 Å². The lowest BCUT2D eigenvalue weighted by Crippen LogP contribution is -2.20. The Hall–Kier alpha value is -0.600. The molecule has 94 valence electrons. The number of rotatable bonds is 9. The highest BCUT2D eigenvalue weighted by Crippen LogP contribution is 2.12. The molecule has 16 heavy (non-hydrogen) atoms. The van der Waals surface area contributed by atoms with Crippen molar-refractivity contribution in [3.8, 4) is 0 Å². The van der Waals surface area contributed by atoms with Gasteiger partial charge in [-0.25, -0.2) is 0 Å². The topological polar surface area (TPSA) is 18.5 Å². The van der Waals surface area contributed by atoms with Crippen molar-refractivity contribution >= 4 is 0 Å². The maximum atomic E-state index is 5.53. The van der Waals surface area contributed by atoms with E-state index in [2.05, 4.69) is 27.0 Å². The summed E-state index contributed by atoms with van der Waals surface area (Å²) in [5.74, 6) is 1.01. The normalized spacial score (nSPS) is 14.5. The number of hydrogen-bond donors (Lipinski definition) is 0. The highest BCUT2D eigenvalue weighted by atomic mass is 16.5. The Morgan fingerprint density at radius 3 is 1.44 bits per heavy atom. The first-order valence-corrected chi connectivity index (χ1v) is 5.87. The van der Waals surface area contributed by atoms with E-state index in [1.54, 1.807) is 0 Å². The lowest BCUT2D eigenvalue weighted by molar-refractivity contribution is 0.0583. The Bertz CT molecular complexity index is 197. The predicted molar refractivity (Wildman–Crippen MR) is 69.6 cm³/mol. The fourth-order valence-electron chi connectivity index (χ4n) is 1.17. The van der Waals surface area contributed by atoms with E-state index in [0.717, 1.165) is 24.4 Å². The van der Waals surface area contributed by atoms with Gasteiger partial charge in [0, 0.05) is 13.2 Å². The predicted octanol–water partition coefficient (Wildman–Crippen LogP) is 3.44. The molecule has 0 saturated carbocycles. The number of ether oxygens (including phenoxy) is 2.